The van der Waals surface area contributed by atoms with Gasteiger partial charge in [0, 0.05) is 52.4 Å². The number of rotatable bonds is 109. The van der Waals surface area contributed by atoms with Gasteiger partial charge >= 0.3 is 0 Å². The molecule has 0 spiro atoms. The zero-order valence-electron chi connectivity index (χ0n) is 78.9. The molecule has 0 unspecified atom stereocenters. The highest BCUT2D eigenvalue weighted by Crippen LogP contribution is 2.15. The van der Waals surface area contributed by atoms with Crippen molar-refractivity contribution in [2.75, 3.05) is 337 Å². The maximum atomic E-state index is 13.5. The quantitative estimate of drug-likeness (QED) is 0.0359. The van der Waals surface area contributed by atoms with Crippen LogP contribution in [0.25, 0.3) is 0 Å². The van der Waals surface area contributed by atoms with Crippen LogP contribution in [0.5, 0.6) is 0 Å². The van der Waals surface area contributed by atoms with E-state index in [0.29, 0.717) is 368 Å². The fraction of sp³-hybridized carbons (Fsp3) is 0.934. The van der Waals surface area contributed by atoms with E-state index in [1.165, 1.54) is 77.6 Å². The highest BCUT2D eigenvalue weighted by molar-refractivity contribution is 5.92. The molecular formula is C91H177N5O30. The highest BCUT2D eigenvalue weighted by atomic mass is 16.6. The summed E-state index contributed by atoms with van der Waals surface area (Å²) in [6, 6.07) is -1.50. The van der Waals surface area contributed by atoms with Crippen LogP contribution in [0.15, 0.2) is 0 Å². The average Bonchev–Trinajstić information content (AvgIpc) is 0.871. The van der Waals surface area contributed by atoms with E-state index in [4.69, 9.17) is 114 Å². The van der Waals surface area contributed by atoms with Crippen LogP contribution in [0.3, 0.4) is 0 Å². The number of nitrogens with one attached hydrogen (secondary N) is 5. The van der Waals surface area contributed by atoms with Gasteiger partial charge in [0.05, 0.1) is 317 Å². The summed E-state index contributed by atoms with van der Waals surface area (Å²) in [5.74, 6) is -0.972. The number of unbranched alkanes of at least 4 members (excludes halogenated alkanes) is 17. The van der Waals surface area contributed by atoms with Crippen LogP contribution in [-0.4, -0.2) is 385 Å². The van der Waals surface area contributed by atoms with Gasteiger partial charge in [-0.15, -0.1) is 0 Å². The number of ether oxygens (including phenoxy) is 24. The van der Waals surface area contributed by atoms with Gasteiger partial charge in [-0.1, -0.05) is 117 Å². The molecule has 0 bridgehead atoms. The zero-order chi connectivity index (χ0) is 91.1. The van der Waals surface area contributed by atoms with Gasteiger partial charge in [0.25, 0.3) is 0 Å². The minimum Gasteiger partial charge on any atom is -0.382 e. The Balaban J connectivity index is 3.49. The van der Waals surface area contributed by atoms with Crippen LogP contribution in [0.2, 0.25) is 0 Å². The van der Waals surface area contributed by atoms with Crippen molar-refractivity contribution in [3.63, 3.8) is 0 Å². The molecule has 35 nitrogen and oxygen atoms in total. The lowest BCUT2D eigenvalue weighted by atomic mass is 9.96. The van der Waals surface area contributed by atoms with Crippen molar-refractivity contribution in [2.24, 2.45) is 5.92 Å². The third kappa shape index (κ3) is 97.6. The molecule has 0 saturated carbocycles. The molecule has 746 valence electrons. The first kappa shape index (κ1) is 122. The Kier molecular flexibility index (Phi) is 101. The van der Waals surface area contributed by atoms with E-state index in [1.807, 2.05) is 13.8 Å². The van der Waals surface area contributed by atoms with Crippen molar-refractivity contribution in [3.05, 3.63) is 0 Å². The summed E-state index contributed by atoms with van der Waals surface area (Å²) < 4.78 is 132. The second-order valence-electron chi connectivity index (χ2n) is 30.1. The smallest absolute Gasteiger partial charge is 0.243 e. The number of carbonyl (C=O) groups excluding carboxylic acids is 6. The number of amides is 5. The maximum Gasteiger partial charge on any atom is 0.243 e. The standard InChI is InChI=1S/C91H177N5O30/c1-6-8-9-10-11-12-13-14-15-16-17-18-21-29-86(98)92-33-25-19-22-30-87(99)93-34-26-20-23-31-89(101)96-90(83(3)7-2)91(102)95-85(84(4)97)28-24-27-35-94-88(100)32-36-104-39-40-106-43-44-108-47-48-110-51-52-112-55-56-114-59-60-116-63-64-118-67-68-120-71-72-122-75-76-124-79-80-126-82-81-125-78-77-123-74-73-121-70-69-119-66-65-117-62-61-115-58-57-113-54-53-111-50-49-109-46-45-107-42-41-105-38-37-103-5/h83,85,90H,6-82H2,1-5H3,(H,92,98)(H,93,99)(H,94,100)(H,95,102)(H,96,101)/t83-,85-,90-/m0/s1. The van der Waals surface area contributed by atoms with E-state index in [0.717, 1.165) is 44.9 Å². The van der Waals surface area contributed by atoms with Crippen LogP contribution in [0.1, 0.15) is 201 Å². The van der Waals surface area contributed by atoms with Crippen LogP contribution < -0.4 is 26.6 Å². The second kappa shape index (κ2) is 105. The lowest BCUT2D eigenvalue weighted by molar-refractivity contribution is -0.132. The second-order valence-corrected chi connectivity index (χ2v) is 30.1. The minimum absolute atomic E-state index is 0.00836. The first-order valence-corrected chi connectivity index (χ1v) is 47.7. The first-order chi connectivity index (χ1) is 62.0. The van der Waals surface area contributed by atoms with Gasteiger partial charge < -0.3 is 140 Å². The van der Waals surface area contributed by atoms with Crippen molar-refractivity contribution in [2.45, 2.75) is 213 Å². The average molecular weight is 1820 g/mol. The van der Waals surface area contributed by atoms with Crippen molar-refractivity contribution < 1.29 is 142 Å². The summed E-state index contributed by atoms with van der Waals surface area (Å²) in [6.45, 7) is 31.1. The topological polar surface area (TPSA) is 384 Å². The number of ketones is 1. The molecule has 0 aliphatic heterocycles. The Morgan fingerprint density at radius 1 is 0.230 bits per heavy atom. The summed E-state index contributed by atoms with van der Waals surface area (Å²) in [5.41, 5.74) is 0. The van der Waals surface area contributed by atoms with E-state index in [2.05, 4.69) is 33.5 Å². The van der Waals surface area contributed by atoms with Gasteiger partial charge in [0.1, 0.15) is 6.04 Å². The summed E-state index contributed by atoms with van der Waals surface area (Å²) in [5, 5.41) is 14.6. The monoisotopic (exact) mass is 1820 g/mol. The van der Waals surface area contributed by atoms with Gasteiger partial charge in [-0.05, 0) is 64.2 Å². The predicted molar refractivity (Wildman–Crippen MR) is 479 cm³/mol. The van der Waals surface area contributed by atoms with Gasteiger partial charge in [0.2, 0.25) is 29.5 Å². The number of methoxy groups -OCH3 is 1. The SMILES string of the molecule is CCCCCCCCCCCCCCCC(=O)NCCCCCC(=O)NCCCCCC(=O)N[C@H](C(=O)N[C@@H](CCCCNC(=O)CCOCCOCCOCCOCCOCCOCCOCCOCCOCCOCCOCCOCCOCCOCCOCCOCCOCCOCCOCCOCCOCCOCCOCCOC)C(C)=O)[C@@H](C)CC. The Morgan fingerprint density at radius 3 is 0.675 bits per heavy atom. The largest absolute Gasteiger partial charge is 0.382 e. The Morgan fingerprint density at radius 2 is 0.437 bits per heavy atom. The van der Waals surface area contributed by atoms with Crippen molar-refractivity contribution in [1.82, 2.24) is 26.6 Å². The Hall–Kier alpha value is -3.94. The molecule has 0 aliphatic carbocycles. The van der Waals surface area contributed by atoms with Gasteiger partial charge in [-0.2, -0.15) is 0 Å². The van der Waals surface area contributed by atoms with Crippen LogP contribution in [0, 0.1) is 5.92 Å². The summed E-state index contributed by atoms with van der Waals surface area (Å²) in [6.07, 6.45) is 25.0. The number of carbonyl (C=O) groups is 6. The van der Waals surface area contributed by atoms with E-state index in [9.17, 15) is 28.8 Å². The van der Waals surface area contributed by atoms with Crippen molar-refractivity contribution >= 4 is 35.3 Å². The minimum atomic E-state index is -0.787. The summed E-state index contributed by atoms with van der Waals surface area (Å²) in [4.78, 5) is 76.1. The molecule has 5 amide bonds. The molecule has 0 rings (SSSR count). The number of hydrogen-bond acceptors (Lipinski definition) is 30. The Labute approximate surface area is 757 Å². The van der Waals surface area contributed by atoms with Gasteiger partial charge in [-0.25, -0.2) is 0 Å². The molecule has 0 radical (unpaired) electrons. The molecule has 3 atom stereocenters. The lowest BCUT2D eigenvalue weighted by Crippen LogP contribution is -2.53. The zero-order valence-corrected chi connectivity index (χ0v) is 78.9. The molecule has 0 aromatic heterocycles. The molecule has 0 heterocycles. The first-order valence-electron chi connectivity index (χ1n) is 47.7. The van der Waals surface area contributed by atoms with Gasteiger partial charge in [-0.3, -0.25) is 28.8 Å². The van der Waals surface area contributed by atoms with E-state index < -0.39 is 18.0 Å². The molecule has 0 fully saturated rings. The lowest BCUT2D eigenvalue weighted by Gasteiger charge is -2.26. The van der Waals surface area contributed by atoms with Crippen LogP contribution in [0.4, 0.5) is 0 Å². The molecule has 35 heteroatoms. The van der Waals surface area contributed by atoms with Crippen LogP contribution in [-0.2, 0) is 142 Å². The van der Waals surface area contributed by atoms with E-state index in [1.54, 1.807) is 7.11 Å². The summed E-state index contributed by atoms with van der Waals surface area (Å²) in [7, 11) is 1.64. The molecule has 126 heavy (non-hydrogen) atoms. The van der Waals surface area contributed by atoms with Crippen molar-refractivity contribution in [1.29, 1.82) is 0 Å². The van der Waals surface area contributed by atoms with E-state index >= 15 is 0 Å². The Bertz CT molecular complexity index is 2290. The fourth-order valence-corrected chi connectivity index (χ4v) is 11.7. The molecule has 0 aliphatic rings. The number of Topliss-reactive ketones (excluding diaryl/α,β-unsaturated/α-hetero) is 1. The third-order valence-electron chi connectivity index (χ3n) is 19.3. The third-order valence-corrected chi connectivity index (χ3v) is 19.3. The molecule has 0 aromatic carbocycles. The molecular weight excluding hydrogens is 1640 g/mol. The summed E-state index contributed by atoms with van der Waals surface area (Å²) >= 11 is 0. The number of hydrogen-bond donors (Lipinski definition) is 5. The normalized spacial score (nSPS) is 12.3. The molecule has 5 N–H and O–H groups in total. The molecule has 0 saturated heterocycles. The fourth-order valence-electron chi connectivity index (χ4n) is 11.7. The molecule has 0 aromatic rings. The van der Waals surface area contributed by atoms with Crippen LogP contribution >= 0.6 is 0 Å². The van der Waals surface area contributed by atoms with Crippen molar-refractivity contribution in [3.8, 4) is 0 Å². The van der Waals surface area contributed by atoms with Gasteiger partial charge in [0.15, 0.2) is 5.78 Å². The van der Waals surface area contributed by atoms with E-state index in [-0.39, 0.29) is 54.8 Å². The predicted octanol–water partition coefficient (Wildman–Crippen LogP) is 8.13. The highest BCUT2D eigenvalue weighted by Gasteiger charge is 2.29. The maximum absolute atomic E-state index is 13.5.